The van der Waals surface area contributed by atoms with E-state index in [-0.39, 0.29) is 5.96 Å². The zero-order chi connectivity index (χ0) is 11.8. The summed E-state index contributed by atoms with van der Waals surface area (Å²) in [5, 5.41) is 0.758. The van der Waals surface area contributed by atoms with Crippen molar-refractivity contribution in [3.8, 4) is 0 Å². The van der Waals surface area contributed by atoms with Crippen LogP contribution in [0.15, 0.2) is 9.98 Å². The number of amidine groups is 1. The van der Waals surface area contributed by atoms with Crippen LogP contribution in [-0.2, 0) is 0 Å². The van der Waals surface area contributed by atoms with Gasteiger partial charge >= 0.3 is 0 Å². The van der Waals surface area contributed by atoms with Crippen molar-refractivity contribution in [1.29, 1.82) is 0 Å². The molecule has 0 aromatic carbocycles. The van der Waals surface area contributed by atoms with Gasteiger partial charge in [-0.2, -0.15) is 4.99 Å². The molecule has 4 nitrogen and oxygen atoms in total. The SMILES string of the molecule is CCCSC(N=C(N)N)=NC1CCCCC1. The standard InChI is InChI=1S/C11H22N4S/c1-2-8-16-11(15-10(12)13)14-9-6-4-3-5-7-9/h9H,2-8H2,1H3,(H4,12,13,14,15). The maximum Gasteiger partial charge on any atom is 0.193 e. The molecule has 1 saturated carbocycles. The topological polar surface area (TPSA) is 76.8 Å². The zero-order valence-electron chi connectivity index (χ0n) is 9.98. The van der Waals surface area contributed by atoms with Crippen LogP contribution in [-0.4, -0.2) is 22.9 Å². The smallest absolute Gasteiger partial charge is 0.193 e. The minimum absolute atomic E-state index is 0.109. The normalized spacial score (nSPS) is 18.4. The minimum Gasteiger partial charge on any atom is -0.370 e. The molecule has 0 atom stereocenters. The Hall–Kier alpha value is -0.710. The first kappa shape index (κ1) is 13.4. The second-order valence-corrected chi connectivity index (χ2v) is 5.15. The molecule has 0 amide bonds. The monoisotopic (exact) mass is 242 g/mol. The first-order valence-corrected chi connectivity index (χ1v) is 7.01. The third kappa shape index (κ3) is 5.39. The van der Waals surface area contributed by atoms with Gasteiger partial charge in [0.1, 0.15) is 0 Å². The van der Waals surface area contributed by atoms with E-state index in [0.29, 0.717) is 6.04 Å². The molecule has 1 aliphatic carbocycles. The molecule has 1 rings (SSSR count). The molecule has 0 saturated heterocycles. The van der Waals surface area contributed by atoms with Crippen LogP contribution in [0.1, 0.15) is 45.4 Å². The van der Waals surface area contributed by atoms with Crippen LogP contribution in [0, 0.1) is 0 Å². The van der Waals surface area contributed by atoms with Gasteiger partial charge in [0, 0.05) is 5.75 Å². The van der Waals surface area contributed by atoms with Crippen molar-refractivity contribution in [2.75, 3.05) is 5.75 Å². The van der Waals surface area contributed by atoms with E-state index in [1.54, 1.807) is 11.8 Å². The van der Waals surface area contributed by atoms with Crippen molar-refractivity contribution in [1.82, 2.24) is 0 Å². The summed E-state index contributed by atoms with van der Waals surface area (Å²) in [5.74, 6) is 1.13. The highest BCUT2D eigenvalue weighted by molar-refractivity contribution is 8.13. The summed E-state index contributed by atoms with van der Waals surface area (Å²) >= 11 is 1.65. The molecule has 0 unspecified atom stereocenters. The van der Waals surface area contributed by atoms with Gasteiger partial charge in [0.2, 0.25) is 0 Å². The van der Waals surface area contributed by atoms with Crippen molar-refractivity contribution in [3.05, 3.63) is 0 Å². The molecule has 16 heavy (non-hydrogen) atoms. The predicted molar refractivity (Wildman–Crippen MR) is 72.9 cm³/mol. The average Bonchev–Trinajstić information content (AvgIpc) is 2.26. The Kier molecular flexibility index (Phi) is 6.30. The summed E-state index contributed by atoms with van der Waals surface area (Å²) in [4.78, 5) is 8.74. The highest BCUT2D eigenvalue weighted by Gasteiger charge is 2.13. The van der Waals surface area contributed by atoms with Gasteiger partial charge in [0.05, 0.1) is 6.04 Å². The van der Waals surface area contributed by atoms with Gasteiger partial charge in [-0.25, -0.2) is 0 Å². The van der Waals surface area contributed by atoms with Crippen molar-refractivity contribution >= 4 is 22.9 Å². The molecule has 0 bridgehead atoms. The second kappa shape index (κ2) is 7.54. The maximum absolute atomic E-state index is 5.40. The van der Waals surface area contributed by atoms with E-state index in [0.717, 1.165) is 17.3 Å². The Morgan fingerprint density at radius 3 is 2.50 bits per heavy atom. The fourth-order valence-electron chi connectivity index (χ4n) is 1.77. The van der Waals surface area contributed by atoms with Crippen LogP contribution in [0.3, 0.4) is 0 Å². The molecule has 0 aromatic rings. The van der Waals surface area contributed by atoms with E-state index in [9.17, 15) is 0 Å². The third-order valence-corrected chi connectivity index (χ3v) is 3.60. The van der Waals surface area contributed by atoms with Crippen LogP contribution in [0.2, 0.25) is 0 Å². The van der Waals surface area contributed by atoms with Crippen LogP contribution >= 0.6 is 11.8 Å². The summed E-state index contributed by atoms with van der Waals surface area (Å²) < 4.78 is 0. The van der Waals surface area contributed by atoms with Crippen molar-refractivity contribution in [2.24, 2.45) is 21.5 Å². The number of hydrogen-bond acceptors (Lipinski definition) is 2. The number of aliphatic imine (C=N–C) groups is 2. The second-order valence-electron chi connectivity index (χ2n) is 4.09. The summed E-state index contributed by atoms with van der Waals surface area (Å²) in [6.07, 6.45) is 7.36. The van der Waals surface area contributed by atoms with E-state index >= 15 is 0 Å². The van der Waals surface area contributed by atoms with Crippen LogP contribution in [0.4, 0.5) is 0 Å². The molecule has 92 valence electrons. The lowest BCUT2D eigenvalue weighted by Crippen LogP contribution is -2.24. The van der Waals surface area contributed by atoms with E-state index < -0.39 is 0 Å². The van der Waals surface area contributed by atoms with Crippen molar-refractivity contribution in [3.63, 3.8) is 0 Å². The fraction of sp³-hybridized carbons (Fsp3) is 0.818. The van der Waals surface area contributed by atoms with Gasteiger partial charge in [-0.15, -0.1) is 0 Å². The molecule has 5 heteroatoms. The number of thioether (sulfide) groups is 1. The van der Waals surface area contributed by atoms with Crippen LogP contribution < -0.4 is 11.5 Å². The summed E-state index contributed by atoms with van der Waals surface area (Å²) in [6.45, 7) is 2.14. The van der Waals surface area contributed by atoms with Crippen LogP contribution in [0.5, 0.6) is 0 Å². The van der Waals surface area contributed by atoms with E-state index in [4.69, 9.17) is 11.5 Å². The first-order chi connectivity index (χ1) is 7.72. The lowest BCUT2D eigenvalue weighted by molar-refractivity contribution is 0.444. The highest BCUT2D eigenvalue weighted by Crippen LogP contribution is 2.22. The fourth-order valence-corrected chi connectivity index (χ4v) is 2.55. The Balaban J connectivity index is 2.57. The molecule has 0 heterocycles. The molecule has 0 aliphatic heterocycles. The largest absolute Gasteiger partial charge is 0.370 e. The average molecular weight is 242 g/mol. The summed E-state index contributed by atoms with van der Waals surface area (Å²) in [5.41, 5.74) is 10.8. The van der Waals surface area contributed by atoms with Gasteiger partial charge in [-0.1, -0.05) is 37.9 Å². The van der Waals surface area contributed by atoms with Gasteiger partial charge < -0.3 is 11.5 Å². The lowest BCUT2D eigenvalue weighted by Gasteiger charge is -2.18. The third-order valence-electron chi connectivity index (χ3n) is 2.53. The molecule has 1 fully saturated rings. The first-order valence-electron chi connectivity index (χ1n) is 6.02. The van der Waals surface area contributed by atoms with Gasteiger partial charge in [-0.05, 0) is 19.3 Å². The number of rotatable bonds is 3. The molecular weight excluding hydrogens is 220 g/mol. The predicted octanol–water partition coefficient (Wildman–Crippen LogP) is 2.09. The molecule has 4 N–H and O–H groups in total. The number of nitrogens with zero attached hydrogens (tertiary/aromatic N) is 2. The highest BCUT2D eigenvalue weighted by atomic mass is 32.2. The van der Waals surface area contributed by atoms with E-state index in [1.165, 1.54) is 32.1 Å². The Bertz CT molecular complexity index is 253. The molecule has 0 radical (unpaired) electrons. The quantitative estimate of drug-likeness (QED) is 0.587. The lowest BCUT2D eigenvalue weighted by atomic mass is 9.96. The Labute approximate surface area is 102 Å². The summed E-state index contributed by atoms with van der Waals surface area (Å²) in [6, 6.07) is 0.427. The van der Waals surface area contributed by atoms with Crippen molar-refractivity contribution in [2.45, 2.75) is 51.5 Å². The Morgan fingerprint density at radius 1 is 1.25 bits per heavy atom. The molecular formula is C11H22N4S. The molecule has 1 aliphatic rings. The maximum atomic E-state index is 5.40. The van der Waals surface area contributed by atoms with E-state index in [1.807, 2.05) is 0 Å². The Morgan fingerprint density at radius 2 is 1.94 bits per heavy atom. The van der Waals surface area contributed by atoms with Gasteiger partial charge in [-0.3, -0.25) is 4.99 Å². The number of guanidine groups is 1. The minimum atomic E-state index is 0.109. The molecule has 0 spiro atoms. The zero-order valence-corrected chi connectivity index (χ0v) is 10.8. The van der Waals surface area contributed by atoms with Gasteiger partial charge in [0.15, 0.2) is 11.1 Å². The number of nitrogens with two attached hydrogens (primary N) is 2. The molecule has 0 aromatic heterocycles. The van der Waals surface area contributed by atoms with Gasteiger partial charge in [0.25, 0.3) is 0 Å². The number of hydrogen-bond donors (Lipinski definition) is 2. The van der Waals surface area contributed by atoms with Crippen molar-refractivity contribution < 1.29 is 0 Å². The summed E-state index contributed by atoms with van der Waals surface area (Å²) in [7, 11) is 0. The van der Waals surface area contributed by atoms with Crippen LogP contribution in [0.25, 0.3) is 0 Å². The van der Waals surface area contributed by atoms with E-state index in [2.05, 4.69) is 16.9 Å².